The highest BCUT2D eigenvalue weighted by molar-refractivity contribution is 5.93. The molecule has 110 valence electrons. The molecule has 0 spiro atoms. The van der Waals surface area contributed by atoms with Gasteiger partial charge in [0, 0.05) is 0 Å². The molecular formula is C18H21NO2. The van der Waals surface area contributed by atoms with Crippen LogP contribution in [0.1, 0.15) is 37.3 Å². The topological polar surface area (TPSA) is 49.3 Å². The molecule has 1 atom stereocenters. The van der Waals surface area contributed by atoms with Crippen LogP contribution in [0.3, 0.4) is 0 Å². The van der Waals surface area contributed by atoms with Crippen molar-refractivity contribution in [1.29, 1.82) is 0 Å². The Labute approximate surface area is 125 Å². The maximum absolute atomic E-state index is 12.1. The van der Waals surface area contributed by atoms with Gasteiger partial charge in [0.25, 0.3) is 0 Å². The summed E-state index contributed by atoms with van der Waals surface area (Å²) in [5, 5.41) is 12.7. The lowest BCUT2D eigenvalue weighted by Crippen LogP contribution is -2.14. The average molecular weight is 283 g/mol. The predicted molar refractivity (Wildman–Crippen MR) is 85.6 cm³/mol. The molecule has 0 bridgehead atoms. The molecule has 0 saturated carbocycles. The second-order valence-electron chi connectivity index (χ2n) is 5.30. The zero-order valence-corrected chi connectivity index (χ0v) is 12.5. The molecule has 2 rings (SSSR count). The molecule has 1 amide bonds. The van der Waals surface area contributed by atoms with Crippen molar-refractivity contribution >= 4 is 11.6 Å². The Hall–Kier alpha value is -2.29. The van der Waals surface area contributed by atoms with E-state index in [-0.39, 0.29) is 11.7 Å². The summed E-state index contributed by atoms with van der Waals surface area (Å²) in [5.41, 5.74) is 2.55. The standard InChI is InChI=1S/C18H21NO2/c1-3-13(2)15-9-10-17(20)16(12-15)19-18(21)11-14-7-5-4-6-8-14/h4-10,12-13,20H,3,11H2,1-2H3,(H,19,21)/t13-/m0/s1. The summed E-state index contributed by atoms with van der Waals surface area (Å²) in [7, 11) is 0. The summed E-state index contributed by atoms with van der Waals surface area (Å²) in [6.07, 6.45) is 1.32. The van der Waals surface area contributed by atoms with E-state index in [0.717, 1.165) is 17.5 Å². The molecule has 0 aromatic heterocycles. The first-order valence-electron chi connectivity index (χ1n) is 7.26. The molecule has 0 aliphatic carbocycles. The van der Waals surface area contributed by atoms with Crippen LogP contribution in [0.15, 0.2) is 48.5 Å². The molecule has 3 nitrogen and oxygen atoms in total. The minimum atomic E-state index is -0.127. The quantitative estimate of drug-likeness (QED) is 0.812. The van der Waals surface area contributed by atoms with Crippen molar-refractivity contribution in [2.45, 2.75) is 32.6 Å². The van der Waals surface area contributed by atoms with Gasteiger partial charge in [0.2, 0.25) is 5.91 Å². The summed E-state index contributed by atoms with van der Waals surface area (Å²) in [5.74, 6) is 0.372. The molecule has 0 unspecified atom stereocenters. The van der Waals surface area contributed by atoms with Crippen LogP contribution in [-0.2, 0) is 11.2 Å². The number of anilines is 1. The second kappa shape index (κ2) is 6.93. The Kier molecular flexibility index (Phi) is 4.99. The van der Waals surface area contributed by atoms with Gasteiger partial charge in [-0.25, -0.2) is 0 Å². The number of benzene rings is 2. The molecule has 0 heterocycles. The van der Waals surface area contributed by atoms with Gasteiger partial charge in [0.05, 0.1) is 12.1 Å². The van der Waals surface area contributed by atoms with Gasteiger partial charge in [0.15, 0.2) is 0 Å². The number of nitrogens with one attached hydrogen (secondary N) is 1. The zero-order valence-electron chi connectivity index (χ0n) is 12.5. The Morgan fingerprint density at radius 2 is 1.90 bits per heavy atom. The first-order valence-corrected chi connectivity index (χ1v) is 7.26. The van der Waals surface area contributed by atoms with Crippen molar-refractivity contribution in [2.24, 2.45) is 0 Å². The zero-order chi connectivity index (χ0) is 15.2. The van der Waals surface area contributed by atoms with Crippen LogP contribution in [0.25, 0.3) is 0 Å². The minimum Gasteiger partial charge on any atom is -0.506 e. The van der Waals surface area contributed by atoms with Gasteiger partial charge >= 0.3 is 0 Å². The third-order valence-electron chi connectivity index (χ3n) is 3.68. The van der Waals surface area contributed by atoms with E-state index < -0.39 is 0 Å². The Balaban J connectivity index is 2.09. The van der Waals surface area contributed by atoms with Crippen LogP contribution < -0.4 is 5.32 Å². The molecule has 2 N–H and O–H groups in total. The van der Waals surface area contributed by atoms with Crippen LogP contribution in [-0.4, -0.2) is 11.0 Å². The minimum absolute atomic E-state index is 0.100. The monoisotopic (exact) mass is 283 g/mol. The van der Waals surface area contributed by atoms with Crippen molar-refractivity contribution in [3.63, 3.8) is 0 Å². The lowest BCUT2D eigenvalue weighted by molar-refractivity contribution is -0.115. The highest BCUT2D eigenvalue weighted by Gasteiger charge is 2.10. The number of hydrogen-bond donors (Lipinski definition) is 2. The van der Waals surface area contributed by atoms with Gasteiger partial charge in [-0.2, -0.15) is 0 Å². The van der Waals surface area contributed by atoms with Crippen molar-refractivity contribution in [3.8, 4) is 5.75 Å². The first-order chi connectivity index (χ1) is 10.1. The molecule has 2 aromatic carbocycles. The molecule has 2 aromatic rings. The van der Waals surface area contributed by atoms with E-state index in [4.69, 9.17) is 0 Å². The fourth-order valence-corrected chi connectivity index (χ4v) is 2.17. The maximum atomic E-state index is 12.1. The number of phenolic OH excluding ortho intramolecular Hbond substituents is 1. The van der Waals surface area contributed by atoms with Gasteiger partial charge in [-0.05, 0) is 35.6 Å². The van der Waals surface area contributed by atoms with E-state index >= 15 is 0 Å². The maximum Gasteiger partial charge on any atom is 0.228 e. The summed E-state index contributed by atoms with van der Waals surface area (Å²) in [4.78, 5) is 12.1. The number of carbonyl (C=O) groups excluding carboxylic acids is 1. The third kappa shape index (κ3) is 4.09. The summed E-state index contributed by atoms with van der Waals surface area (Å²) >= 11 is 0. The molecule has 0 saturated heterocycles. The molecule has 0 aliphatic rings. The normalized spacial score (nSPS) is 11.9. The van der Waals surface area contributed by atoms with Crippen molar-refractivity contribution in [3.05, 3.63) is 59.7 Å². The number of carbonyl (C=O) groups is 1. The fraction of sp³-hybridized carbons (Fsp3) is 0.278. The Morgan fingerprint density at radius 3 is 2.57 bits per heavy atom. The third-order valence-corrected chi connectivity index (χ3v) is 3.68. The van der Waals surface area contributed by atoms with Gasteiger partial charge in [-0.1, -0.05) is 50.2 Å². The van der Waals surface area contributed by atoms with E-state index in [1.807, 2.05) is 42.5 Å². The molecule has 0 radical (unpaired) electrons. The number of amides is 1. The molecule has 3 heteroatoms. The Morgan fingerprint density at radius 1 is 1.19 bits per heavy atom. The van der Waals surface area contributed by atoms with E-state index in [0.29, 0.717) is 18.0 Å². The van der Waals surface area contributed by atoms with Gasteiger partial charge in [-0.3, -0.25) is 4.79 Å². The number of aromatic hydroxyl groups is 1. The highest BCUT2D eigenvalue weighted by Crippen LogP contribution is 2.29. The lowest BCUT2D eigenvalue weighted by Gasteiger charge is -2.13. The van der Waals surface area contributed by atoms with Gasteiger partial charge in [-0.15, -0.1) is 0 Å². The molecular weight excluding hydrogens is 262 g/mol. The van der Waals surface area contributed by atoms with Gasteiger partial charge in [0.1, 0.15) is 5.75 Å². The molecule has 21 heavy (non-hydrogen) atoms. The second-order valence-corrected chi connectivity index (χ2v) is 5.30. The van der Waals surface area contributed by atoms with Crippen LogP contribution >= 0.6 is 0 Å². The van der Waals surface area contributed by atoms with E-state index in [9.17, 15) is 9.90 Å². The van der Waals surface area contributed by atoms with Crippen molar-refractivity contribution in [1.82, 2.24) is 0 Å². The predicted octanol–water partition coefficient (Wildman–Crippen LogP) is 4.09. The van der Waals surface area contributed by atoms with E-state index in [2.05, 4.69) is 19.2 Å². The summed E-state index contributed by atoms with van der Waals surface area (Å²) in [6, 6.07) is 14.9. The van der Waals surface area contributed by atoms with Crippen LogP contribution in [0.2, 0.25) is 0 Å². The van der Waals surface area contributed by atoms with Crippen LogP contribution in [0.4, 0.5) is 5.69 Å². The molecule has 0 aliphatic heterocycles. The summed E-state index contributed by atoms with van der Waals surface area (Å²) < 4.78 is 0. The fourth-order valence-electron chi connectivity index (χ4n) is 2.17. The average Bonchev–Trinajstić information content (AvgIpc) is 2.49. The number of hydrogen-bond acceptors (Lipinski definition) is 2. The summed E-state index contributed by atoms with van der Waals surface area (Å²) in [6.45, 7) is 4.24. The first kappa shape index (κ1) is 15.1. The van der Waals surface area contributed by atoms with Crippen molar-refractivity contribution < 1.29 is 9.90 Å². The Bertz CT molecular complexity index is 608. The lowest BCUT2D eigenvalue weighted by atomic mass is 9.98. The van der Waals surface area contributed by atoms with Crippen LogP contribution in [0, 0.1) is 0 Å². The smallest absolute Gasteiger partial charge is 0.228 e. The van der Waals surface area contributed by atoms with Crippen LogP contribution in [0.5, 0.6) is 5.75 Å². The number of phenols is 1. The number of rotatable bonds is 5. The molecule has 0 fully saturated rings. The SMILES string of the molecule is CC[C@H](C)c1ccc(O)c(NC(=O)Cc2ccccc2)c1. The van der Waals surface area contributed by atoms with Gasteiger partial charge < -0.3 is 10.4 Å². The largest absolute Gasteiger partial charge is 0.506 e. The highest BCUT2D eigenvalue weighted by atomic mass is 16.3. The van der Waals surface area contributed by atoms with E-state index in [1.165, 1.54) is 0 Å². The van der Waals surface area contributed by atoms with E-state index in [1.54, 1.807) is 6.07 Å². The van der Waals surface area contributed by atoms with Crippen molar-refractivity contribution in [2.75, 3.05) is 5.32 Å².